The van der Waals surface area contributed by atoms with Crippen LogP contribution in [-0.4, -0.2) is 5.75 Å². The second-order valence-corrected chi connectivity index (χ2v) is 8.59. The Morgan fingerprint density at radius 1 is 0.923 bits per heavy atom. The molecule has 13 heavy (non-hydrogen) atoms. The molecule has 0 radical (unpaired) electrons. The molecule has 1 heterocycles. The molecule has 0 saturated heterocycles. The third-order valence-corrected chi connectivity index (χ3v) is 7.65. The van der Waals surface area contributed by atoms with E-state index in [1.807, 2.05) is 30.4 Å². The van der Waals surface area contributed by atoms with E-state index in [0.29, 0.717) is 0 Å². The number of allylic oxidation sites excluding steroid dienone is 3. The average molecular weight is 250 g/mol. The lowest BCUT2D eigenvalue weighted by atomic mass is 10.2. The van der Waals surface area contributed by atoms with Gasteiger partial charge in [0.25, 0.3) is 0 Å². The van der Waals surface area contributed by atoms with Gasteiger partial charge in [-0.25, -0.2) is 0 Å². The van der Waals surface area contributed by atoms with E-state index in [2.05, 4.69) is 23.6 Å². The maximum absolute atomic E-state index is 2.26. The van der Waals surface area contributed by atoms with E-state index in [9.17, 15) is 0 Å². The molecular weight excluding hydrogens is 236 g/mol. The maximum atomic E-state index is 2.26. The van der Waals surface area contributed by atoms with Crippen molar-refractivity contribution in [2.75, 3.05) is 5.75 Å². The first kappa shape index (κ1) is 12.0. The minimum atomic E-state index is 1.24. The SMILES string of the molecule is C1=C\SSSSCCCCC/C=C/1. The Hall–Kier alpha value is 0.880. The molecule has 0 bridgehead atoms. The molecule has 1 aliphatic heterocycles. The average Bonchev–Trinajstić information content (AvgIpc) is 2.18. The summed E-state index contributed by atoms with van der Waals surface area (Å²) >= 11 is 0. The zero-order valence-electron chi connectivity index (χ0n) is 7.48. The Bertz CT molecular complexity index is 147. The molecule has 1 rings (SSSR count). The highest BCUT2D eigenvalue weighted by molar-refractivity contribution is 9.26. The van der Waals surface area contributed by atoms with Crippen molar-refractivity contribution in [3.8, 4) is 0 Å². The highest BCUT2D eigenvalue weighted by Gasteiger charge is 1.92. The van der Waals surface area contributed by atoms with E-state index in [1.54, 1.807) is 10.8 Å². The van der Waals surface area contributed by atoms with Gasteiger partial charge in [0.1, 0.15) is 0 Å². The van der Waals surface area contributed by atoms with Crippen LogP contribution in [-0.2, 0) is 0 Å². The van der Waals surface area contributed by atoms with Gasteiger partial charge in [-0.2, -0.15) is 0 Å². The summed E-state index contributed by atoms with van der Waals surface area (Å²) in [5.74, 6) is 1.30. The lowest BCUT2D eigenvalue weighted by Crippen LogP contribution is -1.77. The normalized spacial score (nSPS) is 26.5. The zero-order valence-corrected chi connectivity index (χ0v) is 10.7. The van der Waals surface area contributed by atoms with Gasteiger partial charge >= 0.3 is 0 Å². The summed E-state index contributed by atoms with van der Waals surface area (Å²) in [6.07, 6.45) is 11.9. The van der Waals surface area contributed by atoms with Crippen molar-refractivity contribution in [2.45, 2.75) is 25.7 Å². The van der Waals surface area contributed by atoms with Gasteiger partial charge in [-0.15, -0.1) is 0 Å². The molecule has 0 nitrogen and oxygen atoms in total. The predicted octanol–water partition coefficient (Wildman–Crippen LogP) is 5.31. The first-order chi connectivity index (χ1) is 6.50. The lowest BCUT2D eigenvalue weighted by molar-refractivity contribution is 0.735. The number of hydrogen-bond donors (Lipinski definition) is 0. The molecule has 0 unspecified atom stereocenters. The van der Waals surface area contributed by atoms with Crippen LogP contribution < -0.4 is 0 Å². The van der Waals surface area contributed by atoms with Crippen molar-refractivity contribution in [3.05, 3.63) is 23.6 Å². The summed E-state index contributed by atoms with van der Waals surface area (Å²) < 4.78 is 0. The minimum Gasteiger partial charge on any atom is -0.0845 e. The first-order valence-corrected chi connectivity index (χ1v) is 9.48. The van der Waals surface area contributed by atoms with E-state index >= 15 is 0 Å². The summed E-state index contributed by atoms with van der Waals surface area (Å²) in [4.78, 5) is 0. The Labute approximate surface area is 96.0 Å². The summed E-state index contributed by atoms with van der Waals surface area (Å²) in [5, 5.41) is 2.15. The molecule has 0 spiro atoms. The highest BCUT2D eigenvalue weighted by atomic mass is 33.7. The van der Waals surface area contributed by atoms with Crippen molar-refractivity contribution in [2.24, 2.45) is 0 Å². The van der Waals surface area contributed by atoms with Gasteiger partial charge in [0.15, 0.2) is 0 Å². The van der Waals surface area contributed by atoms with E-state index < -0.39 is 0 Å². The summed E-state index contributed by atoms with van der Waals surface area (Å²) in [7, 11) is 7.53. The van der Waals surface area contributed by atoms with Crippen LogP contribution in [0.5, 0.6) is 0 Å². The first-order valence-electron chi connectivity index (χ1n) is 4.43. The molecule has 74 valence electrons. The van der Waals surface area contributed by atoms with E-state index in [-0.39, 0.29) is 0 Å². The van der Waals surface area contributed by atoms with Crippen LogP contribution in [0, 0.1) is 0 Å². The molecule has 0 saturated carbocycles. The fourth-order valence-electron chi connectivity index (χ4n) is 0.945. The van der Waals surface area contributed by atoms with Gasteiger partial charge in [-0.05, 0) is 44.3 Å². The molecule has 0 aromatic carbocycles. The van der Waals surface area contributed by atoms with Crippen LogP contribution in [0.15, 0.2) is 23.6 Å². The largest absolute Gasteiger partial charge is 0.0845 e. The third-order valence-electron chi connectivity index (χ3n) is 1.59. The molecule has 0 aromatic heterocycles. The van der Waals surface area contributed by atoms with Gasteiger partial charge in [-0.3, -0.25) is 0 Å². The van der Waals surface area contributed by atoms with Crippen molar-refractivity contribution in [3.63, 3.8) is 0 Å². The minimum absolute atomic E-state index is 1.24. The quantitative estimate of drug-likeness (QED) is 0.534. The second kappa shape index (κ2) is 9.44. The monoisotopic (exact) mass is 250 g/mol. The Morgan fingerprint density at radius 3 is 2.92 bits per heavy atom. The van der Waals surface area contributed by atoms with Crippen LogP contribution in [0.3, 0.4) is 0 Å². The highest BCUT2D eigenvalue weighted by Crippen LogP contribution is 2.43. The van der Waals surface area contributed by atoms with Gasteiger partial charge in [0.2, 0.25) is 0 Å². The second-order valence-electron chi connectivity index (χ2n) is 2.66. The number of hydrogen-bond acceptors (Lipinski definition) is 4. The maximum Gasteiger partial charge on any atom is 0.00454 e. The molecule has 1 aliphatic rings. The van der Waals surface area contributed by atoms with Crippen molar-refractivity contribution in [1.29, 1.82) is 0 Å². The molecular formula is C9H14S4. The summed E-state index contributed by atoms with van der Waals surface area (Å²) in [6, 6.07) is 0. The summed E-state index contributed by atoms with van der Waals surface area (Å²) in [5.41, 5.74) is 0. The third kappa shape index (κ3) is 7.91. The Balaban J connectivity index is 2.18. The fraction of sp³-hybridized carbons (Fsp3) is 0.556. The lowest BCUT2D eigenvalue weighted by Gasteiger charge is -1.97. The van der Waals surface area contributed by atoms with Gasteiger partial charge in [-0.1, -0.05) is 46.2 Å². The molecule has 0 amide bonds. The van der Waals surface area contributed by atoms with Crippen LogP contribution in [0.1, 0.15) is 25.7 Å². The number of rotatable bonds is 0. The van der Waals surface area contributed by atoms with E-state index in [4.69, 9.17) is 0 Å². The van der Waals surface area contributed by atoms with Crippen LogP contribution in [0.2, 0.25) is 0 Å². The van der Waals surface area contributed by atoms with Crippen molar-refractivity contribution < 1.29 is 0 Å². The molecule has 0 aromatic rings. The Morgan fingerprint density at radius 2 is 1.92 bits per heavy atom. The van der Waals surface area contributed by atoms with Crippen LogP contribution in [0.25, 0.3) is 0 Å². The molecule has 0 fully saturated rings. The van der Waals surface area contributed by atoms with E-state index in [0.717, 1.165) is 0 Å². The van der Waals surface area contributed by atoms with Crippen LogP contribution in [0.4, 0.5) is 0 Å². The standard InChI is InChI=1S/C9H14S4/c1-2-4-6-8-10-12-13-11-9-7-5-3-1/h2,4,6,8H,1,3,5,7,9H2/b4-2+,8-6-. The molecule has 0 atom stereocenters. The molecule has 0 aliphatic carbocycles. The Kier molecular flexibility index (Phi) is 8.67. The van der Waals surface area contributed by atoms with Crippen molar-refractivity contribution in [1.82, 2.24) is 0 Å². The van der Waals surface area contributed by atoms with Gasteiger partial charge < -0.3 is 0 Å². The molecule has 4 heteroatoms. The van der Waals surface area contributed by atoms with Gasteiger partial charge in [0, 0.05) is 5.75 Å². The van der Waals surface area contributed by atoms with Gasteiger partial charge in [0.05, 0.1) is 0 Å². The fourth-order valence-corrected chi connectivity index (χ4v) is 6.30. The summed E-state index contributed by atoms with van der Waals surface area (Å²) in [6.45, 7) is 0. The van der Waals surface area contributed by atoms with Crippen molar-refractivity contribution >= 4 is 41.2 Å². The topological polar surface area (TPSA) is 0 Å². The molecule has 0 N–H and O–H groups in total. The van der Waals surface area contributed by atoms with Crippen LogP contribution >= 0.6 is 41.2 Å². The predicted molar refractivity (Wildman–Crippen MR) is 72.0 cm³/mol. The van der Waals surface area contributed by atoms with E-state index in [1.165, 1.54) is 31.4 Å². The smallest absolute Gasteiger partial charge is 0.00454 e. The zero-order chi connectivity index (χ0) is 9.19.